The molecule has 1 aliphatic rings. The minimum atomic E-state index is -1.19. The third-order valence-electron chi connectivity index (χ3n) is 4.01. The predicted molar refractivity (Wildman–Crippen MR) is 77.0 cm³/mol. The van der Waals surface area contributed by atoms with Gasteiger partial charge in [0.25, 0.3) is 0 Å². The van der Waals surface area contributed by atoms with Crippen LogP contribution < -0.4 is 0 Å². The van der Waals surface area contributed by atoms with E-state index in [1.54, 1.807) is 18.5 Å². The fourth-order valence-electron chi connectivity index (χ4n) is 2.63. The highest BCUT2D eigenvalue weighted by Gasteiger charge is 2.35. The van der Waals surface area contributed by atoms with Crippen LogP contribution in [0.3, 0.4) is 0 Å². The summed E-state index contributed by atoms with van der Waals surface area (Å²) >= 11 is 0. The fourth-order valence-corrected chi connectivity index (χ4v) is 2.63. The minimum absolute atomic E-state index is 0.560. The lowest BCUT2D eigenvalue weighted by Gasteiger charge is -2.34. The number of rotatable bonds is 2. The van der Waals surface area contributed by atoms with Crippen LogP contribution >= 0.6 is 0 Å². The van der Waals surface area contributed by atoms with E-state index in [2.05, 4.69) is 14.9 Å². The van der Waals surface area contributed by atoms with E-state index in [-0.39, 0.29) is 0 Å². The molecule has 1 aromatic heterocycles. The number of benzene rings is 1. The Balaban J connectivity index is 1.83. The van der Waals surface area contributed by atoms with Gasteiger partial charge in [0.05, 0.1) is 0 Å². The third-order valence-corrected chi connectivity index (χ3v) is 4.01. The summed E-state index contributed by atoms with van der Waals surface area (Å²) in [7, 11) is 2.04. The molecule has 1 aliphatic heterocycles. The lowest BCUT2D eigenvalue weighted by molar-refractivity contribution is 0.0674. The lowest BCUT2D eigenvalue weighted by atomic mass is 9.86. The first-order chi connectivity index (χ1) is 9.67. The number of hydrogen-bond acceptors (Lipinski definition) is 3. The van der Waals surface area contributed by atoms with Crippen molar-refractivity contribution >= 4 is 0 Å². The van der Waals surface area contributed by atoms with E-state index in [0.29, 0.717) is 18.7 Å². The van der Waals surface area contributed by atoms with Gasteiger partial charge in [-0.25, -0.2) is 14.4 Å². The van der Waals surface area contributed by atoms with Gasteiger partial charge in [0.1, 0.15) is 5.67 Å². The van der Waals surface area contributed by atoms with Gasteiger partial charge < -0.3 is 4.90 Å². The molecule has 0 aliphatic carbocycles. The number of piperidine rings is 1. The molecule has 0 unspecified atom stereocenters. The van der Waals surface area contributed by atoms with Gasteiger partial charge in [-0.1, -0.05) is 24.3 Å². The Hall–Kier alpha value is -1.81. The number of hydrogen-bond donors (Lipinski definition) is 0. The summed E-state index contributed by atoms with van der Waals surface area (Å²) in [5, 5.41) is 0. The summed E-state index contributed by atoms with van der Waals surface area (Å²) in [6.07, 6.45) is 4.54. The molecular formula is C16H18FN3. The molecule has 0 N–H and O–H groups in total. The molecular weight excluding hydrogens is 253 g/mol. The molecule has 0 bridgehead atoms. The van der Waals surface area contributed by atoms with E-state index in [4.69, 9.17) is 0 Å². The number of alkyl halides is 1. The van der Waals surface area contributed by atoms with Crippen LogP contribution in [0.25, 0.3) is 11.4 Å². The Morgan fingerprint density at radius 1 is 1.05 bits per heavy atom. The van der Waals surface area contributed by atoms with Gasteiger partial charge in [-0.15, -0.1) is 0 Å². The molecule has 2 heterocycles. The van der Waals surface area contributed by atoms with Crippen molar-refractivity contribution in [2.75, 3.05) is 20.1 Å². The molecule has 3 nitrogen and oxygen atoms in total. The summed E-state index contributed by atoms with van der Waals surface area (Å²) in [6.45, 7) is 1.61. The average molecular weight is 271 g/mol. The van der Waals surface area contributed by atoms with Gasteiger partial charge >= 0.3 is 0 Å². The van der Waals surface area contributed by atoms with Crippen molar-refractivity contribution < 1.29 is 4.39 Å². The second kappa shape index (κ2) is 5.29. The van der Waals surface area contributed by atoms with Crippen LogP contribution in [0.5, 0.6) is 0 Å². The van der Waals surface area contributed by atoms with Crippen molar-refractivity contribution in [2.45, 2.75) is 18.5 Å². The maximum absolute atomic E-state index is 15.0. The maximum Gasteiger partial charge on any atom is 0.159 e. The largest absolute Gasteiger partial charge is 0.306 e. The molecule has 0 radical (unpaired) electrons. The standard InChI is InChI=1S/C16H18FN3/c1-20-11-7-16(17,8-12-20)14-5-3-13(4-6-14)15-18-9-2-10-19-15/h2-6,9-10H,7-8,11-12H2,1H3. The predicted octanol–water partition coefficient (Wildman–Crippen LogP) is 3.03. The van der Waals surface area contributed by atoms with Crippen molar-refractivity contribution in [3.63, 3.8) is 0 Å². The quantitative estimate of drug-likeness (QED) is 0.840. The number of halogens is 1. The van der Waals surface area contributed by atoms with Gasteiger partial charge in [-0.3, -0.25) is 0 Å². The van der Waals surface area contributed by atoms with Crippen LogP contribution in [0.4, 0.5) is 4.39 Å². The SMILES string of the molecule is CN1CCC(F)(c2ccc(-c3ncccn3)cc2)CC1. The van der Waals surface area contributed by atoms with Crippen LogP contribution in [0, 0.1) is 0 Å². The van der Waals surface area contributed by atoms with E-state index in [9.17, 15) is 4.39 Å². The summed E-state index contributed by atoms with van der Waals surface area (Å²) in [5.41, 5.74) is 0.499. The second-order valence-corrected chi connectivity index (χ2v) is 5.42. The molecule has 0 amide bonds. The van der Waals surface area contributed by atoms with Gasteiger partial charge in [-0.05, 0) is 31.5 Å². The van der Waals surface area contributed by atoms with E-state index in [0.717, 1.165) is 24.2 Å². The highest BCUT2D eigenvalue weighted by atomic mass is 19.1. The minimum Gasteiger partial charge on any atom is -0.306 e. The third kappa shape index (κ3) is 2.56. The Bertz CT molecular complexity index is 560. The zero-order chi connectivity index (χ0) is 14.0. The van der Waals surface area contributed by atoms with Crippen molar-refractivity contribution in [3.8, 4) is 11.4 Å². The summed E-state index contributed by atoms with van der Waals surface area (Å²) in [5.74, 6) is 0.676. The van der Waals surface area contributed by atoms with Crippen LogP contribution in [0.1, 0.15) is 18.4 Å². The van der Waals surface area contributed by atoms with E-state index >= 15 is 0 Å². The van der Waals surface area contributed by atoms with Crippen LogP contribution in [-0.4, -0.2) is 35.0 Å². The van der Waals surface area contributed by atoms with Crippen LogP contribution in [-0.2, 0) is 5.67 Å². The molecule has 3 rings (SSSR count). The zero-order valence-corrected chi connectivity index (χ0v) is 11.6. The molecule has 0 saturated carbocycles. The number of aromatic nitrogens is 2. The first-order valence-electron chi connectivity index (χ1n) is 6.93. The zero-order valence-electron chi connectivity index (χ0n) is 11.6. The smallest absolute Gasteiger partial charge is 0.159 e. The molecule has 104 valence electrons. The van der Waals surface area contributed by atoms with Gasteiger partial charge in [0.15, 0.2) is 5.82 Å². The summed E-state index contributed by atoms with van der Waals surface area (Å²) in [4.78, 5) is 10.6. The Labute approximate surface area is 118 Å². The Morgan fingerprint density at radius 3 is 2.25 bits per heavy atom. The van der Waals surface area contributed by atoms with Gasteiger partial charge in [0, 0.05) is 31.0 Å². The number of nitrogens with zero attached hydrogens (tertiary/aromatic N) is 3. The van der Waals surface area contributed by atoms with Gasteiger partial charge in [-0.2, -0.15) is 0 Å². The molecule has 0 spiro atoms. The first-order valence-corrected chi connectivity index (χ1v) is 6.93. The van der Waals surface area contributed by atoms with Gasteiger partial charge in [0.2, 0.25) is 0 Å². The van der Waals surface area contributed by atoms with Crippen molar-refractivity contribution in [2.24, 2.45) is 0 Å². The number of likely N-dealkylation sites (tertiary alicyclic amines) is 1. The highest BCUT2D eigenvalue weighted by molar-refractivity contribution is 5.55. The normalized spacial score (nSPS) is 18.9. The average Bonchev–Trinajstić information content (AvgIpc) is 2.52. The highest BCUT2D eigenvalue weighted by Crippen LogP contribution is 2.37. The van der Waals surface area contributed by atoms with Crippen molar-refractivity contribution in [1.82, 2.24) is 14.9 Å². The van der Waals surface area contributed by atoms with E-state index in [1.165, 1.54) is 0 Å². The summed E-state index contributed by atoms with van der Waals surface area (Å²) < 4.78 is 15.0. The van der Waals surface area contributed by atoms with E-state index in [1.807, 2.05) is 31.3 Å². The molecule has 1 saturated heterocycles. The van der Waals surface area contributed by atoms with E-state index < -0.39 is 5.67 Å². The maximum atomic E-state index is 15.0. The van der Waals surface area contributed by atoms with Crippen LogP contribution in [0.15, 0.2) is 42.7 Å². The first kappa shape index (κ1) is 13.2. The molecule has 20 heavy (non-hydrogen) atoms. The molecule has 4 heteroatoms. The van der Waals surface area contributed by atoms with Crippen LogP contribution in [0.2, 0.25) is 0 Å². The Morgan fingerprint density at radius 2 is 1.65 bits per heavy atom. The second-order valence-electron chi connectivity index (χ2n) is 5.42. The molecule has 1 aromatic carbocycles. The topological polar surface area (TPSA) is 29.0 Å². The molecule has 0 atom stereocenters. The fraction of sp³-hybridized carbons (Fsp3) is 0.375. The summed E-state index contributed by atoms with van der Waals surface area (Å²) in [6, 6.07) is 9.34. The molecule has 1 fully saturated rings. The molecule has 2 aromatic rings. The lowest BCUT2D eigenvalue weighted by Crippen LogP contribution is -2.37. The Kier molecular flexibility index (Phi) is 3.49. The monoisotopic (exact) mass is 271 g/mol. The van der Waals surface area contributed by atoms with Crippen molar-refractivity contribution in [1.29, 1.82) is 0 Å². The van der Waals surface area contributed by atoms with Crippen molar-refractivity contribution in [3.05, 3.63) is 48.3 Å².